The number of halogens is 1. The molecular weight excluding hydrogens is 394 g/mol. The largest absolute Gasteiger partial charge is 0.493 e. The molecule has 2 heterocycles. The number of carbonyl (C=O) groups is 2. The Kier molecular flexibility index (Phi) is 7.14. The average molecular weight is 420 g/mol. The van der Waals surface area contributed by atoms with Crippen molar-refractivity contribution in [2.75, 3.05) is 26.2 Å². The summed E-state index contributed by atoms with van der Waals surface area (Å²) in [6.45, 7) is 5.99. The summed E-state index contributed by atoms with van der Waals surface area (Å²) in [5.74, 6) is 0.557. The molecule has 0 saturated carbocycles. The number of ether oxygens (including phenoxy) is 1. The van der Waals surface area contributed by atoms with E-state index < -0.39 is 0 Å². The van der Waals surface area contributed by atoms with Gasteiger partial charge in [-0.2, -0.15) is 0 Å². The molecule has 1 N–H and O–H groups in total. The van der Waals surface area contributed by atoms with Gasteiger partial charge >= 0.3 is 0 Å². The number of aromatic nitrogens is 1. The van der Waals surface area contributed by atoms with Crippen LogP contribution in [0.2, 0.25) is 5.02 Å². The van der Waals surface area contributed by atoms with E-state index in [1.165, 1.54) is 0 Å². The smallest absolute Gasteiger partial charge is 0.292 e. The van der Waals surface area contributed by atoms with Crippen molar-refractivity contribution in [3.05, 3.63) is 46.3 Å². The number of amides is 2. The van der Waals surface area contributed by atoms with E-state index in [0.29, 0.717) is 49.0 Å². The van der Waals surface area contributed by atoms with Crippen molar-refractivity contribution in [2.24, 2.45) is 0 Å². The quantitative estimate of drug-likeness (QED) is 0.798. The fraction of sp³-hybridized carbons (Fsp3) is 0.476. The number of rotatable bonds is 2. The van der Waals surface area contributed by atoms with Crippen LogP contribution in [0.3, 0.4) is 0 Å². The molecule has 1 aliphatic heterocycles. The Balaban J connectivity index is 1.70. The van der Waals surface area contributed by atoms with E-state index in [1.54, 1.807) is 29.2 Å². The topological polar surface area (TPSA) is 84.7 Å². The molecule has 0 unspecified atom stereocenters. The van der Waals surface area contributed by atoms with Crippen LogP contribution in [0, 0.1) is 0 Å². The summed E-state index contributed by atoms with van der Waals surface area (Å²) in [5.41, 5.74) is 1.19. The first-order chi connectivity index (χ1) is 14.0. The van der Waals surface area contributed by atoms with Crippen LogP contribution in [-0.4, -0.2) is 48.1 Å². The molecule has 0 atom stereocenters. The van der Waals surface area contributed by atoms with Crippen molar-refractivity contribution in [2.45, 2.75) is 39.0 Å². The third-order valence-corrected chi connectivity index (χ3v) is 5.01. The molecule has 3 rings (SSSR count). The van der Waals surface area contributed by atoms with Gasteiger partial charge in [-0.15, -0.1) is 0 Å². The third-order valence-electron chi connectivity index (χ3n) is 4.77. The predicted octanol–water partition coefficient (Wildman–Crippen LogP) is 3.89. The Labute approximate surface area is 175 Å². The molecule has 2 aromatic rings. The molecule has 156 valence electrons. The molecule has 7 nitrogen and oxygen atoms in total. The van der Waals surface area contributed by atoms with Crippen molar-refractivity contribution in [3.63, 3.8) is 0 Å². The molecule has 0 radical (unpaired) electrons. The van der Waals surface area contributed by atoms with Gasteiger partial charge in [0.2, 0.25) is 5.76 Å². The summed E-state index contributed by atoms with van der Waals surface area (Å²) in [6.07, 6.45) is 2.14. The van der Waals surface area contributed by atoms with Gasteiger partial charge in [0.25, 0.3) is 11.8 Å². The molecular formula is C21H26ClN3O4. The van der Waals surface area contributed by atoms with Crippen molar-refractivity contribution in [1.82, 2.24) is 15.4 Å². The fourth-order valence-corrected chi connectivity index (χ4v) is 3.27. The van der Waals surface area contributed by atoms with Gasteiger partial charge in [0.05, 0.1) is 17.9 Å². The zero-order chi connectivity index (χ0) is 20.8. The highest BCUT2D eigenvalue weighted by Gasteiger charge is 2.22. The van der Waals surface area contributed by atoms with Crippen LogP contribution < -0.4 is 10.1 Å². The zero-order valence-electron chi connectivity index (χ0n) is 16.7. The van der Waals surface area contributed by atoms with Crippen molar-refractivity contribution < 1.29 is 18.8 Å². The van der Waals surface area contributed by atoms with Crippen LogP contribution in [0.15, 0.2) is 28.8 Å². The Morgan fingerprint density at radius 2 is 2.00 bits per heavy atom. The SMILES string of the molecule is CC(C)c1cc(C(=O)N2CCCCNC(=O)c3cc(Cl)ccc3OCCC2)on1. The molecule has 0 fully saturated rings. The summed E-state index contributed by atoms with van der Waals surface area (Å²) >= 11 is 6.03. The van der Waals surface area contributed by atoms with E-state index in [4.69, 9.17) is 20.9 Å². The first-order valence-electron chi connectivity index (χ1n) is 9.92. The van der Waals surface area contributed by atoms with Gasteiger partial charge in [-0.1, -0.05) is 30.6 Å². The molecule has 1 aromatic heterocycles. The number of benzene rings is 1. The monoisotopic (exact) mass is 419 g/mol. The number of nitrogens with zero attached hydrogens (tertiary/aromatic N) is 2. The molecule has 8 heteroatoms. The Hall–Kier alpha value is -2.54. The lowest BCUT2D eigenvalue weighted by atomic mass is 10.1. The summed E-state index contributed by atoms with van der Waals surface area (Å²) in [4.78, 5) is 27.1. The minimum atomic E-state index is -0.211. The van der Waals surface area contributed by atoms with Crippen molar-refractivity contribution in [1.29, 1.82) is 0 Å². The van der Waals surface area contributed by atoms with Crippen molar-refractivity contribution >= 4 is 23.4 Å². The van der Waals surface area contributed by atoms with Gasteiger partial charge < -0.3 is 19.5 Å². The zero-order valence-corrected chi connectivity index (χ0v) is 17.5. The lowest BCUT2D eigenvalue weighted by Gasteiger charge is -2.21. The number of hydrogen-bond donors (Lipinski definition) is 1. The average Bonchev–Trinajstić information content (AvgIpc) is 3.19. The van der Waals surface area contributed by atoms with Gasteiger partial charge in [0, 0.05) is 30.7 Å². The fourth-order valence-electron chi connectivity index (χ4n) is 3.10. The maximum absolute atomic E-state index is 12.9. The molecule has 1 aromatic carbocycles. The van der Waals surface area contributed by atoms with Gasteiger partial charge in [-0.25, -0.2) is 0 Å². The van der Waals surface area contributed by atoms with Gasteiger partial charge in [-0.3, -0.25) is 9.59 Å². The summed E-state index contributed by atoms with van der Waals surface area (Å²) in [7, 11) is 0. The maximum Gasteiger partial charge on any atom is 0.292 e. The predicted molar refractivity (Wildman–Crippen MR) is 110 cm³/mol. The van der Waals surface area contributed by atoms with E-state index >= 15 is 0 Å². The minimum absolute atomic E-state index is 0.171. The Bertz CT molecular complexity index is 865. The van der Waals surface area contributed by atoms with E-state index in [0.717, 1.165) is 18.5 Å². The van der Waals surface area contributed by atoms with Gasteiger partial charge in [0.1, 0.15) is 5.75 Å². The Morgan fingerprint density at radius 1 is 1.21 bits per heavy atom. The van der Waals surface area contributed by atoms with E-state index in [-0.39, 0.29) is 23.5 Å². The van der Waals surface area contributed by atoms with Crippen LogP contribution in [0.4, 0.5) is 0 Å². The molecule has 0 bridgehead atoms. The minimum Gasteiger partial charge on any atom is -0.493 e. The summed E-state index contributed by atoms with van der Waals surface area (Å²) < 4.78 is 11.1. The van der Waals surface area contributed by atoms with Crippen molar-refractivity contribution in [3.8, 4) is 5.75 Å². The molecule has 1 aliphatic rings. The second-order valence-corrected chi connectivity index (χ2v) is 7.80. The van der Waals surface area contributed by atoms with Crippen LogP contribution >= 0.6 is 11.6 Å². The molecule has 0 aliphatic carbocycles. The molecule has 0 spiro atoms. The first-order valence-corrected chi connectivity index (χ1v) is 10.3. The number of hydrogen-bond acceptors (Lipinski definition) is 5. The summed E-state index contributed by atoms with van der Waals surface area (Å²) in [6, 6.07) is 6.71. The number of nitrogens with one attached hydrogen (secondary N) is 1. The standard InChI is InChI=1S/C21H26ClN3O4/c1-14(2)17-13-19(29-24-17)21(27)25-9-4-3-8-23-20(26)16-12-15(22)6-7-18(16)28-11-5-10-25/h6-7,12-14H,3-5,8-11H2,1-2H3,(H,23,26). The van der Waals surface area contributed by atoms with E-state index in [2.05, 4.69) is 10.5 Å². The Morgan fingerprint density at radius 3 is 2.76 bits per heavy atom. The number of carbonyl (C=O) groups excluding carboxylic acids is 2. The molecule has 29 heavy (non-hydrogen) atoms. The first kappa shape index (κ1) is 21.2. The van der Waals surface area contributed by atoms with Crippen LogP contribution in [0.5, 0.6) is 5.75 Å². The number of fused-ring (bicyclic) bond motifs is 1. The summed E-state index contributed by atoms with van der Waals surface area (Å²) in [5, 5.41) is 7.35. The molecule has 0 saturated heterocycles. The lowest BCUT2D eigenvalue weighted by molar-refractivity contribution is 0.0701. The van der Waals surface area contributed by atoms with Gasteiger partial charge in [0.15, 0.2) is 0 Å². The second kappa shape index (κ2) is 9.78. The van der Waals surface area contributed by atoms with Crippen LogP contribution in [0.1, 0.15) is 65.6 Å². The third kappa shape index (κ3) is 5.50. The normalized spacial score (nSPS) is 16.1. The highest BCUT2D eigenvalue weighted by molar-refractivity contribution is 6.31. The molecule has 2 amide bonds. The lowest BCUT2D eigenvalue weighted by Crippen LogP contribution is -2.33. The maximum atomic E-state index is 12.9. The van der Waals surface area contributed by atoms with Crippen LogP contribution in [-0.2, 0) is 0 Å². The van der Waals surface area contributed by atoms with E-state index in [9.17, 15) is 9.59 Å². The highest BCUT2D eigenvalue weighted by Crippen LogP contribution is 2.23. The van der Waals surface area contributed by atoms with E-state index in [1.807, 2.05) is 13.8 Å². The van der Waals surface area contributed by atoms with Gasteiger partial charge in [-0.05, 0) is 43.4 Å². The van der Waals surface area contributed by atoms with Crippen LogP contribution in [0.25, 0.3) is 0 Å². The highest BCUT2D eigenvalue weighted by atomic mass is 35.5. The second-order valence-electron chi connectivity index (χ2n) is 7.37.